The quantitative estimate of drug-likeness (QED) is 0.424. The summed E-state index contributed by atoms with van der Waals surface area (Å²) in [6.45, 7) is 3.97. The molecule has 3 aromatic heterocycles. The Labute approximate surface area is 195 Å². The van der Waals surface area contributed by atoms with Crippen LogP contribution in [0.25, 0.3) is 28.0 Å². The fourth-order valence-electron chi connectivity index (χ4n) is 4.12. The molecule has 0 radical (unpaired) electrons. The fraction of sp³-hybridized carbons (Fsp3) is 0.154. The lowest BCUT2D eigenvalue weighted by Crippen LogP contribution is -2.23. The van der Waals surface area contributed by atoms with Gasteiger partial charge in [-0.1, -0.05) is 18.2 Å². The maximum absolute atomic E-state index is 13.5. The van der Waals surface area contributed by atoms with Crippen molar-refractivity contribution in [1.82, 2.24) is 29.9 Å². The van der Waals surface area contributed by atoms with Gasteiger partial charge in [-0.2, -0.15) is 10.2 Å². The van der Waals surface area contributed by atoms with E-state index in [1.165, 1.54) is 12.1 Å². The average Bonchev–Trinajstić information content (AvgIpc) is 3.39. The lowest BCUT2D eigenvalue weighted by molar-refractivity contribution is 0.0952. The summed E-state index contributed by atoms with van der Waals surface area (Å²) in [5, 5.41) is 12.9. The topological polar surface area (TPSA) is 77.6 Å². The van der Waals surface area contributed by atoms with Gasteiger partial charge in [0.15, 0.2) is 5.65 Å². The van der Waals surface area contributed by atoms with Crippen LogP contribution in [0.5, 0.6) is 0 Å². The summed E-state index contributed by atoms with van der Waals surface area (Å²) in [6, 6.07) is 17.7. The number of hydrogen-bond donors (Lipinski definition) is 1. The Morgan fingerprint density at radius 2 is 1.76 bits per heavy atom. The van der Waals surface area contributed by atoms with E-state index in [1.807, 2.05) is 57.4 Å². The molecular weight excluding hydrogens is 431 g/mol. The van der Waals surface area contributed by atoms with Crippen molar-refractivity contribution in [2.45, 2.75) is 20.4 Å². The van der Waals surface area contributed by atoms with Crippen LogP contribution < -0.4 is 5.32 Å². The summed E-state index contributed by atoms with van der Waals surface area (Å²) in [5.41, 5.74) is 5.85. The molecule has 0 saturated carbocycles. The van der Waals surface area contributed by atoms with E-state index in [0.29, 0.717) is 16.9 Å². The number of aromatic nitrogens is 5. The number of nitrogens with zero attached hydrogens (tertiary/aromatic N) is 5. The molecule has 1 amide bonds. The number of fused-ring (bicyclic) bond motifs is 1. The number of benzene rings is 2. The minimum absolute atomic E-state index is 0.218. The molecule has 7 nitrogen and oxygen atoms in total. The Bertz CT molecular complexity index is 1500. The van der Waals surface area contributed by atoms with Crippen LogP contribution >= 0.6 is 0 Å². The molecule has 5 aromatic rings. The number of rotatable bonds is 5. The molecule has 8 heteroatoms. The molecule has 170 valence electrons. The number of para-hydroxylation sites is 1. The number of halogens is 1. The van der Waals surface area contributed by atoms with Gasteiger partial charge in [-0.15, -0.1) is 0 Å². The molecule has 1 N–H and O–H groups in total. The van der Waals surface area contributed by atoms with Gasteiger partial charge in [0.2, 0.25) is 0 Å². The van der Waals surface area contributed by atoms with Crippen molar-refractivity contribution >= 4 is 16.9 Å². The van der Waals surface area contributed by atoms with Crippen molar-refractivity contribution in [3.8, 4) is 16.9 Å². The van der Waals surface area contributed by atoms with Gasteiger partial charge in [-0.25, -0.2) is 14.1 Å². The van der Waals surface area contributed by atoms with Gasteiger partial charge in [0, 0.05) is 36.6 Å². The predicted octanol–water partition coefficient (Wildman–Crippen LogP) is 4.51. The third-order valence-corrected chi connectivity index (χ3v) is 5.71. The maximum atomic E-state index is 13.5. The largest absolute Gasteiger partial charge is 0.348 e. The Balaban J connectivity index is 1.50. The van der Waals surface area contributed by atoms with Crippen LogP contribution in [-0.2, 0) is 13.6 Å². The van der Waals surface area contributed by atoms with E-state index in [4.69, 9.17) is 5.10 Å². The second-order valence-electron chi connectivity index (χ2n) is 8.19. The van der Waals surface area contributed by atoms with Crippen LogP contribution in [0, 0.1) is 19.7 Å². The van der Waals surface area contributed by atoms with E-state index in [-0.39, 0.29) is 18.3 Å². The molecule has 3 heterocycles. The average molecular weight is 455 g/mol. The van der Waals surface area contributed by atoms with Crippen molar-refractivity contribution in [2.24, 2.45) is 7.05 Å². The van der Waals surface area contributed by atoms with Crippen molar-refractivity contribution in [3.05, 3.63) is 95.2 Å². The first-order chi connectivity index (χ1) is 16.4. The van der Waals surface area contributed by atoms with Crippen LogP contribution in [0.2, 0.25) is 0 Å². The Kier molecular flexibility index (Phi) is 5.41. The Morgan fingerprint density at radius 1 is 1.03 bits per heavy atom. The molecule has 34 heavy (non-hydrogen) atoms. The summed E-state index contributed by atoms with van der Waals surface area (Å²) < 4.78 is 17.0. The van der Waals surface area contributed by atoms with Crippen LogP contribution in [-0.4, -0.2) is 30.5 Å². The highest BCUT2D eigenvalue weighted by atomic mass is 19.1. The SMILES string of the molecule is Cc1cc(C(=O)NCc2cn(-c3ccccc3)nc2-c2ccc(F)cc2)c2c(C)nn(C)c2n1. The van der Waals surface area contributed by atoms with Crippen LogP contribution in [0.1, 0.15) is 27.3 Å². The van der Waals surface area contributed by atoms with Crippen LogP contribution in [0.4, 0.5) is 4.39 Å². The summed E-state index contributed by atoms with van der Waals surface area (Å²) in [4.78, 5) is 17.8. The minimum Gasteiger partial charge on any atom is -0.348 e. The molecule has 0 fully saturated rings. The minimum atomic E-state index is -0.315. The summed E-state index contributed by atoms with van der Waals surface area (Å²) >= 11 is 0. The molecule has 0 aliphatic carbocycles. The first-order valence-corrected chi connectivity index (χ1v) is 10.9. The Hall–Kier alpha value is -4.33. The molecule has 2 aromatic carbocycles. The fourth-order valence-corrected chi connectivity index (χ4v) is 4.12. The molecule has 0 aliphatic heterocycles. The summed E-state index contributed by atoms with van der Waals surface area (Å²) in [5.74, 6) is -0.533. The molecule has 0 saturated heterocycles. The van der Waals surface area contributed by atoms with E-state index < -0.39 is 0 Å². The zero-order valence-corrected chi connectivity index (χ0v) is 19.1. The number of aryl methyl sites for hydroxylation is 3. The number of nitrogens with one attached hydrogen (secondary N) is 1. The van der Waals surface area contributed by atoms with Crippen molar-refractivity contribution in [2.75, 3.05) is 0 Å². The van der Waals surface area contributed by atoms with Gasteiger partial charge in [0.25, 0.3) is 5.91 Å². The normalized spacial score (nSPS) is 11.2. The van der Waals surface area contributed by atoms with Crippen molar-refractivity contribution in [3.63, 3.8) is 0 Å². The molecule has 0 spiro atoms. The van der Waals surface area contributed by atoms with Gasteiger partial charge in [-0.3, -0.25) is 9.48 Å². The van der Waals surface area contributed by atoms with E-state index >= 15 is 0 Å². The third kappa shape index (κ3) is 3.94. The predicted molar refractivity (Wildman–Crippen MR) is 128 cm³/mol. The second kappa shape index (κ2) is 8.55. The number of carbonyl (C=O) groups is 1. The molecule has 5 rings (SSSR count). The van der Waals surface area contributed by atoms with Crippen LogP contribution in [0.15, 0.2) is 66.9 Å². The number of amides is 1. The highest BCUT2D eigenvalue weighted by molar-refractivity contribution is 6.06. The summed E-state index contributed by atoms with van der Waals surface area (Å²) in [6.07, 6.45) is 1.89. The third-order valence-electron chi connectivity index (χ3n) is 5.71. The maximum Gasteiger partial charge on any atom is 0.252 e. The van der Waals surface area contributed by atoms with Crippen molar-refractivity contribution < 1.29 is 9.18 Å². The van der Waals surface area contributed by atoms with Gasteiger partial charge < -0.3 is 5.32 Å². The smallest absolute Gasteiger partial charge is 0.252 e. The van der Waals surface area contributed by atoms with Gasteiger partial charge in [0.05, 0.1) is 28.0 Å². The van der Waals surface area contributed by atoms with Gasteiger partial charge in [-0.05, 0) is 56.3 Å². The number of hydrogen-bond acceptors (Lipinski definition) is 4. The Morgan fingerprint density at radius 3 is 2.50 bits per heavy atom. The zero-order valence-electron chi connectivity index (χ0n) is 19.1. The lowest BCUT2D eigenvalue weighted by atomic mass is 10.1. The monoisotopic (exact) mass is 454 g/mol. The van der Waals surface area contributed by atoms with E-state index in [2.05, 4.69) is 15.4 Å². The first kappa shape index (κ1) is 21.5. The summed E-state index contributed by atoms with van der Waals surface area (Å²) in [7, 11) is 1.82. The highest BCUT2D eigenvalue weighted by Crippen LogP contribution is 2.25. The van der Waals surface area contributed by atoms with E-state index in [1.54, 1.807) is 27.6 Å². The number of pyridine rings is 1. The molecule has 0 bridgehead atoms. The van der Waals surface area contributed by atoms with Crippen molar-refractivity contribution in [1.29, 1.82) is 0 Å². The van der Waals surface area contributed by atoms with Crippen LogP contribution in [0.3, 0.4) is 0 Å². The molecular formula is C26H23FN6O. The zero-order chi connectivity index (χ0) is 23.8. The highest BCUT2D eigenvalue weighted by Gasteiger charge is 2.19. The van der Waals surface area contributed by atoms with E-state index in [0.717, 1.165) is 33.6 Å². The lowest BCUT2D eigenvalue weighted by Gasteiger charge is -2.08. The first-order valence-electron chi connectivity index (χ1n) is 10.9. The molecule has 0 unspecified atom stereocenters. The van der Waals surface area contributed by atoms with E-state index in [9.17, 15) is 9.18 Å². The second-order valence-corrected chi connectivity index (χ2v) is 8.19. The molecule has 0 aliphatic rings. The number of carbonyl (C=O) groups excluding carboxylic acids is 1. The molecule has 0 atom stereocenters. The van der Waals surface area contributed by atoms with Gasteiger partial charge in [0.1, 0.15) is 5.82 Å². The van der Waals surface area contributed by atoms with Gasteiger partial charge >= 0.3 is 0 Å². The standard InChI is InChI=1S/C26H23FN6O/c1-16-13-22(23-17(2)30-32(3)25(23)29-16)26(34)28-14-19-15-33(21-7-5-4-6-8-21)31-24(19)18-9-11-20(27)12-10-18/h4-13,15H,14H2,1-3H3,(H,28,34).